The van der Waals surface area contributed by atoms with E-state index in [1.54, 1.807) is 24.1 Å². The van der Waals surface area contributed by atoms with Gasteiger partial charge in [0.05, 0.1) is 12.6 Å². The molecular formula is C12H15N5O. The van der Waals surface area contributed by atoms with Gasteiger partial charge in [0.2, 0.25) is 5.91 Å². The summed E-state index contributed by atoms with van der Waals surface area (Å²) < 4.78 is 1.57. The predicted molar refractivity (Wildman–Crippen MR) is 67.4 cm³/mol. The zero-order valence-corrected chi connectivity index (χ0v) is 10.1. The molecule has 0 fully saturated rings. The number of carbonyl (C=O) groups is 1. The molecule has 6 nitrogen and oxygen atoms in total. The smallest absolute Gasteiger partial charge is 0.226 e. The van der Waals surface area contributed by atoms with E-state index in [1.165, 1.54) is 0 Å². The molecule has 94 valence electrons. The number of hydrogen-bond donors (Lipinski definition) is 2. The number of hydrogen-bond acceptors (Lipinski definition) is 4. The first kappa shape index (κ1) is 12.1. The second-order valence-corrected chi connectivity index (χ2v) is 3.95. The number of nitrogens with two attached hydrogens (primary N) is 1. The number of nitrogen functional groups attached to an aromatic ring is 1. The molecule has 0 unspecified atom stereocenters. The first-order chi connectivity index (χ1) is 8.66. The van der Waals surface area contributed by atoms with Gasteiger partial charge >= 0.3 is 0 Å². The summed E-state index contributed by atoms with van der Waals surface area (Å²) in [5, 5.41) is 6.80. The van der Waals surface area contributed by atoms with Crippen LogP contribution in [0.1, 0.15) is 11.3 Å². The van der Waals surface area contributed by atoms with E-state index in [1.807, 2.05) is 18.2 Å². The Labute approximate surface area is 105 Å². The van der Waals surface area contributed by atoms with Gasteiger partial charge in [-0.05, 0) is 12.1 Å². The zero-order chi connectivity index (χ0) is 13.0. The Bertz CT molecular complexity index is 535. The maximum absolute atomic E-state index is 11.7. The Morgan fingerprint density at radius 3 is 2.94 bits per heavy atom. The molecular weight excluding hydrogens is 230 g/mol. The quantitative estimate of drug-likeness (QED) is 0.808. The van der Waals surface area contributed by atoms with Crippen molar-refractivity contribution >= 4 is 11.7 Å². The highest BCUT2D eigenvalue weighted by Crippen LogP contribution is 2.08. The van der Waals surface area contributed by atoms with Gasteiger partial charge < -0.3 is 11.1 Å². The van der Waals surface area contributed by atoms with Gasteiger partial charge in [-0.15, -0.1) is 0 Å². The number of aryl methyl sites for hydroxylation is 1. The highest BCUT2D eigenvalue weighted by molar-refractivity contribution is 5.78. The lowest BCUT2D eigenvalue weighted by atomic mass is 10.2. The first-order valence-electron chi connectivity index (χ1n) is 5.60. The van der Waals surface area contributed by atoms with Gasteiger partial charge in [-0.3, -0.25) is 14.5 Å². The summed E-state index contributed by atoms with van der Waals surface area (Å²) in [6, 6.07) is 5.49. The molecule has 0 aliphatic carbocycles. The van der Waals surface area contributed by atoms with Crippen molar-refractivity contribution in [2.75, 3.05) is 5.73 Å². The standard InChI is InChI=1S/C12H15N5O/c1-17-12(13)9(8-16-17)7-15-11(18)6-10-4-2-3-5-14-10/h2-5,8H,6-7,13H2,1H3,(H,15,18). The number of nitrogens with one attached hydrogen (secondary N) is 1. The fraction of sp³-hybridized carbons (Fsp3) is 0.250. The molecule has 0 aliphatic rings. The Hall–Kier alpha value is -2.37. The van der Waals surface area contributed by atoms with Gasteiger partial charge in [0.15, 0.2) is 0 Å². The van der Waals surface area contributed by atoms with E-state index in [2.05, 4.69) is 15.4 Å². The normalized spacial score (nSPS) is 10.3. The van der Waals surface area contributed by atoms with Crippen molar-refractivity contribution in [3.63, 3.8) is 0 Å². The van der Waals surface area contributed by atoms with Gasteiger partial charge in [0, 0.05) is 31.0 Å². The van der Waals surface area contributed by atoms with Gasteiger partial charge in [0.1, 0.15) is 5.82 Å². The van der Waals surface area contributed by atoms with Crippen LogP contribution in [-0.4, -0.2) is 20.7 Å². The fourth-order valence-corrected chi connectivity index (χ4v) is 1.55. The molecule has 0 aromatic carbocycles. The van der Waals surface area contributed by atoms with E-state index in [9.17, 15) is 4.79 Å². The van der Waals surface area contributed by atoms with Crippen LogP contribution in [0.4, 0.5) is 5.82 Å². The van der Waals surface area contributed by atoms with Crippen LogP contribution < -0.4 is 11.1 Å². The van der Waals surface area contributed by atoms with Crippen LogP contribution in [0.3, 0.4) is 0 Å². The summed E-state index contributed by atoms with van der Waals surface area (Å²) in [5.41, 5.74) is 7.33. The Morgan fingerprint density at radius 2 is 2.33 bits per heavy atom. The minimum Gasteiger partial charge on any atom is -0.384 e. The van der Waals surface area contributed by atoms with Crippen LogP contribution in [-0.2, 0) is 24.8 Å². The first-order valence-corrected chi connectivity index (χ1v) is 5.60. The van der Waals surface area contributed by atoms with E-state index >= 15 is 0 Å². The molecule has 2 heterocycles. The van der Waals surface area contributed by atoms with Crippen molar-refractivity contribution in [1.82, 2.24) is 20.1 Å². The third-order valence-electron chi connectivity index (χ3n) is 2.61. The molecule has 0 radical (unpaired) electrons. The Kier molecular flexibility index (Phi) is 3.57. The Balaban J connectivity index is 1.87. The molecule has 2 aromatic heterocycles. The van der Waals surface area contributed by atoms with Crippen LogP contribution in [0.25, 0.3) is 0 Å². The molecule has 0 saturated heterocycles. The number of nitrogens with zero attached hydrogens (tertiary/aromatic N) is 3. The summed E-state index contributed by atoms with van der Waals surface area (Å²) >= 11 is 0. The lowest BCUT2D eigenvalue weighted by molar-refractivity contribution is -0.120. The van der Waals surface area contributed by atoms with E-state index in [0.29, 0.717) is 12.4 Å². The maximum Gasteiger partial charge on any atom is 0.226 e. The minimum absolute atomic E-state index is 0.0862. The van der Waals surface area contributed by atoms with Gasteiger partial charge in [0.25, 0.3) is 0 Å². The molecule has 0 spiro atoms. The second-order valence-electron chi connectivity index (χ2n) is 3.95. The van der Waals surface area contributed by atoms with Crippen molar-refractivity contribution < 1.29 is 4.79 Å². The minimum atomic E-state index is -0.0862. The number of pyridine rings is 1. The molecule has 2 aromatic rings. The summed E-state index contributed by atoms with van der Waals surface area (Å²) in [4.78, 5) is 15.8. The zero-order valence-electron chi connectivity index (χ0n) is 10.1. The molecule has 0 aliphatic heterocycles. The van der Waals surface area contributed by atoms with Crippen LogP contribution >= 0.6 is 0 Å². The highest BCUT2D eigenvalue weighted by Gasteiger charge is 2.07. The number of aromatic nitrogens is 3. The molecule has 0 bridgehead atoms. The lowest BCUT2D eigenvalue weighted by Gasteiger charge is -2.04. The monoisotopic (exact) mass is 245 g/mol. The van der Waals surface area contributed by atoms with Crippen molar-refractivity contribution in [2.24, 2.45) is 7.05 Å². The molecule has 0 saturated carbocycles. The highest BCUT2D eigenvalue weighted by atomic mass is 16.1. The number of amides is 1. The summed E-state index contributed by atoms with van der Waals surface area (Å²) in [7, 11) is 1.76. The van der Waals surface area contributed by atoms with Crippen molar-refractivity contribution in [2.45, 2.75) is 13.0 Å². The van der Waals surface area contributed by atoms with Gasteiger partial charge in [-0.1, -0.05) is 6.07 Å². The van der Waals surface area contributed by atoms with E-state index in [0.717, 1.165) is 11.3 Å². The molecule has 18 heavy (non-hydrogen) atoms. The molecule has 3 N–H and O–H groups in total. The lowest BCUT2D eigenvalue weighted by Crippen LogP contribution is -2.25. The van der Waals surface area contributed by atoms with Crippen LogP contribution in [0.15, 0.2) is 30.6 Å². The third-order valence-corrected chi connectivity index (χ3v) is 2.61. The van der Waals surface area contributed by atoms with E-state index < -0.39 is 0 Å². The predicted octanol–water partition coefficient (Wildman–Crippen LogP) is 0.256. The van der Waals surface area contributed by atoms with E-state index in [4.69, 9.17) is 5.73 Å². The molecule has 1 amide bonds. The number of rotatable bonds is 4. The molecule has 2 rings (SSSR count). The van der Waals surface area contributed by atoms with Crippen molar-refractivity contribution in [1.29, 1.82) is 0 Å². The van der Waals surface area contributed by atoms with Gasteiger partial charge in [-0.2, -0.15) is 5.10 Å². The van der Waals surface area contributed by atoms with E-state index in [-0.39, 0.29) is 12.3 Å². The van der Waals surface area contributed by atoms with Gasteiger partial charge in [-0.25, -0.2) is 0 Å². The Morgan fingerprint density at radius 1 is 1.50 bits per heavy atom. The number of anilines is 1. The van der Waals surface area contributed by atoms with Crippen LogP contribution in [0.5, 0.6) is 0 Å². The number of carbonyl (C=O) groups excluding carboxylic acids is 1. The average molecular weight is 245 g/mol. The summed E-state index contributed by atoms with van der Waals surface area (Å²) in [5.74, 6) is 0.477. The SMILES string of the molecule is Cn1ncc(CNC(=O)Cc2ccccn2)c1N. The summed E-state index contributed by atoms with van der Waals surface area (Å²) in [6.07, 6.45) is 3.58. The largest absolute Gasteiger partial charge is 0.384 e. The average Bonchev–Trinajstić information content (AvgIpc) is 2.69. The van der Waals surface area contributed by atoms with Crippen molar-refractivity contribution in [3.8, 4) is 0 Å². The fourth-order valence-electron chi connectivity index (χ4n) is 1.55. The van der Waals surface area contributed by atoms with Crippen LogP contribution in [0, 0.1) is 0 Å². The molecule has 6 heteroatoms. The topological polar surface area (TPSA) is 85.8 Å². The molecule has 0 atom stereocenters. The van der Waals surface area contributed by atoms with Crippen molar-refractivity contribution in [3.05, 3.63) is 41.9 Å². The third kappa shape index (κ3) is 2.85. The maximum atomic E-state index is 11.7. The summed E-state index contributed by atoms with van der Waals surface area (Å²) in [6.45, 7) is 0.380. The van der Waals surface area contributed by atoms with Crippen LogP contribution in [0.2, 0.25) is 0 Å². The second kappa shape index (κ2) is 5.31.